The fraction of sp³-hybridized carbons (Fsp3) is 0.458. The van der Waals surface area contributed by atoms with Crippen LogP contribution < -0.4 is 19.3 Å². The van der Waals surface area contributed by atoms with Gasteiger partial charge in [0.2, 0.25) is 5.91 Å². The topological polar surface area (TPSA) is 85.4 Å². The summed E-state index contributed by atoms with van der Waals surface area (Å²) in [5, 5.41) is 2.87. The lowest BCUT2D eigenvalue weighted by Gasteiger charge is -2.36. The Morgan fingerprint density at radius 2 is 1.65 bits per heavy atom. The monoisotopic (exact) mass is 489 g/mol. The second kappa shape index (κ2) is 12.0. The van der Waals surface area contributed by atoms with Gasteiger partial charge in [0.05, 0.1) is 12.8 Å². The molecule has 1 aliphatic rings. The van der Waals surface area contributed by atoms with Crippen LogP contribution in [0.5, 0.6) is 5.75 Å². The number of ether oxygens (including phenoxy) is 1. The molecule has 1 amide bonds. The number of carbonyl (C=O) groups is 1. The van der Waals surface area contributed by atoms with Crippen molar-refractivity contribution in [2.24, 2.45) is 0 Å². The van der Waals surface area contributed by atoms with E-state index in [1.807, 2.05) is 12.1 Å². The molecule has 3 rings (SSSR count). The van der Waals surface area contributed by atoms with E-state index in [4.69, 9.17) is 4.74 Å². The fourth-order valence-electron chi connectivity index (χ4n) is 3.84. The molecule has 186 valence electrons. The highest BCUT2D eigenvalue weighted by Crippen LogP contribution is 2.21. The van der Waals surface area contributed by atoms with Gasteiger partial charge in [-0.25, -0.2) is 4.31 Å². The Kier molecular flexibility index (Phi) is 9.14. The summed E-state index contributed by atoms with van der Waals surface area (Å²) >= 11 is 0. The first kappa shape index (κ1) is 25.8. The van der Waals surface area contributed by atoms with Gasteiger partial charge < -0.3 is 15.0 Å². The number of nitrogens with one attached hydrogen (secondary N) is 1. The highest BCUT2D eigenvalue weighted by molar-refractivity contribution is 7.90. The molecule has 0 radical (unpaired) electrons. The summed E-state index contributed by atoms with van der Waals surface area (Å²) in [5.41, 5.74) is 1.66. The predicted molar refractivity (Wildman–Crippen MR) is 136 cm³/mol. The molecule has 1 N–H and O–H groups in total. The number of nitrogens with zero attached hydrogens (tertiary/aromatic N) is 4. The molecule has 0 saturated carbocycles. The van der Waals surface area contributed by atoms with Gasteiger partial charge in [0.25, 0.3) is 0 Å². The number of anilines is 2. The first-order chi connectivity index (χ1) is 16.3. The predicted octanol–water partition coefficient (Wildman–Crippen LogP) is 1.64. The Balaban J connectivity index is 1.41. The molecule has 0 atom stereocenters. The minimum absolute atomic E-state index is 0.259. The van der Waals surface area contributed by atoms with Gasteiger partial charge in [0.15, 0.2) is 0 Å². The average Bonchev–Trinajstić information content (AvgIpc) is 2.86. The molecule has 1 fully saturated rings. The van der Waals surface area contributed by atoms with Crippen molar-refractivity contribution in [2.45, 2.75) is 6.42 Å². The Morgan fingerprint density at radius 3 is 2.24 bits per heavy atom. The Labute approximate surface area is 203 Å². The maximum atomic E-state index is 12.7. The standard InChI is InChI=1S/C24H35N5O4S/c1-26(2)34(31,32)29(22-8-5-4-6-9-22)20-24(30)25-14-7-15-27-16-18-28(19-17-27)21-10-12-23(33-3)13-11-21/h4-6,8-13H,7,14-20H2,1-3H3,(H,25,30). The van der Waals surface area contributed by atoms with Crippen LogP contribution in [-0.2, 0) is 15.0 Å². The first-order valence-electron chi connectivity index (χ1n) is 11.4. The zero-order valence-corrected chi connectivity index (χ0v) is 21.0. The van der Waals surface area contributed by atoms with Crippen LogP contribution in [0, 0.1) is 0 Å². The third-order valence-corrected chi connectivity index (χ3v) is 7.67. The third-order valence-electron chi connectivity index (χ3n) is 5.85. The number of piperazine rings is 1. The lowest BCUT2D eigenvalue weighted by molar-refractivity contribution is -0.119. The van der Waals surface area contributed by atoms with Gasteiger partial charge >= 0.3 is 10.2 Å². The van der Waals surface area contributed by atoms with Crippen molar-refractivity contribution in [1.29, 1.82) is 0 Å². The lowest BCUT2D eigenvalue weighted by atomic mass is 10.2. The lowest BCUT2D eigenvalue weighted by Crippen LogP contribution is -2.47. The van der Waals surface area contributed by atoms with Crippen LogP contribution in [0.25, 0.3) is 0 Å². The van der Waals surface area contributed by atoms with Crippen LogP contribution in [0.1, 0.15) is 6.42 Å². The number of benzene rings is 2. The maximum Gasteiger partial charge on any atom is 0.304 e. The molecular weight excluding hydrogens is 454 g/mol. The minimum atomic E-state index is -3.78. The summed E-state index contributed by atoms with van der Waals surface area (Å²) in [6.45, 7) is 4.95. The molecule has 1 aliphatic heterocycles. The van der Waals surface area contributed by atoms with E-state index in [0.29, 0.717) is 12.2 Å². The number of methoxy groups -OCH3 is 1. The van der Waals surface area contributed by atoms with Crippen LogP contribution in [0.3, 0.4) is 0 Å². The normalized spacial score (nSPS) is 14.8. The van der Waals surface area contributed by atoms with Gasteiger partial charge in [-0.2, -0.15) is 12.7 Å². The first-order valence-corrected chi connectivity index (χ1v) is 12.8. The van der Waals surface area contributed by atoms with Gasteiger partial charge in [-0.3, -0.25) is 9.69 Å². The van der Waals surface area contributed by atoms with Crippen molar-refractivity contribution in [3.63, 3.8) is 0 Å². The SMILES string of the molecule is COc1ccc(N2CCN(CCCNC(=O)CN(c3ccccc3)S(=O)(=O)N(C)C)CC2)cc1. The zero-order valence-electron chi connectivity index (χ0n) is 20.2. The van der Waals surface area contributed by atoms with Gasteiger partial charge in [-0.05, 0) is 49.4 Å². The van der Waals surface area contributed by atoms with Crippen LogP contribution in [0.15, 0.2) is 54.6 Å². The van der Waals surface area contributed by atoms with Crippen LogP contribution in [-0.4, -0.2) is 90.5 Å². The minimum Gasteiger partial charge on any atom is -0.497 e. The number of hydrogen-bond acceptors (Lipinski definition) is 6. The van der Waals surface area contributed by atoms with Crippen molar-refractivity contribution in [1.82, 2.24) is 14.5 Å². The number of para-hydroxylation sites is 1. The van der Waals surface area contributed by atoms with Gasteiger partial charge in [-0.15, -0.1) is 0 Å². The zero-order chi connectivity index (χ0) is 24.6. The molecule has 0 spiro atoms. The van der Waals surface area contributed by atoms with Crippen molar-refractivity contribution in [3.05, 3.63) is 54.6 Å². The molecule has 2 aromatic rings. The molecule has 9 nitrogen and oxygen atoms in total. The van der Waals surface area contributed by atoms with Crippen LogP contribution in [0.2, 0.25) is 0 Å². The number of carbonyl (C=O) groups excluding carboxylic acids is 1. The van der Waals surface area contributed by atoms with E-state index >= 15 is 0 Å². The van der Waals surface area contributed by atoms with E-state index in [2.05, 4.69) is 27.2 Å². The van der Waals surface area contributed by atoms with E-state index in [1.165, 1.54) is 19.8 Å². The highest BCUT2D eigenvalue weighted by atomic mass is 32.2. The Hall–Kier alpha value is -2.82. The summed E-state index contributed by atoms with van der Waals surface area (Å²) in [4.78, 5) is 17.3. The van der Waals surface area contributed by atoms with E-state index in [1.54, 1.807) is 37.4 Å². The maximum absolute atomic E-state index is 12.7. The average molecular weight is 490 g/mol. The van der Waals surface area contributed by atoms with Crippen molar-refractivity contribution < 1.29 is 17.9 Å². The Morgan fingerprint density at radius 1 is 1.00 bits per heavy atom. The molecule has 2 aromatic carbocycles. The quantitative estimate of drug-likeness (QED) is 0.483. The van der Waals surface area contributed by atoms with E-state index in [9.17, 15) is 13.2 Å². The van der Waals surface area contributed by atoms with E-state index < -0.39 is 10.2 Å². The molecule has 0 aliphatic carbocycles. The molecule has 1 saturated heterocycles. The number of hydrogen-bond donors (Lipinski definition) is 1. The van der Waals surface area contributed by atoms with Crippen LogP contribution in [0.4, 0.5) is 11.4 Å². The smallest absolute Gasteiger partial charge is 0.304 e. The summed E-state index contributed by atoms with van der Waals surface area (Å²) in [5.74, 6) is 0.536. The van der Waals surface area contributed by atoms with Crippen molar-refractivity contribution >= 4 is 27.5 Å². The van der Waals surface area contributed by atoms with E-state index in [0.717, 1.165) is 53.5 Å². The molecule has 0 aromatic heterocycles. The van der Waals surface area contributed by atoms with Gasteiger partial charge in [0, 0.05) is 52.5 Å². The third kappa shape index (κ3) is 6.85. The second-order valence-electron chi connectivity index (χ2n) is 8.36. The Bertz CT molecular complexity index is 1010. The fourth-order valence-corrected chi connectivity index (χ4v) is 4.90. The van der Waals surface area contributed by atoms with Crippen molar-refractivity contribution in [3.8, 4) is 5.75 Å². The largest absolute Gasteiger partial charge is 0.497 e. The number of amides is 1. The second-order valence-corrected chi connectivity index (χ2v) is 10.4. The van der Waals surface area contributed by atoms with Gasteiger partial charge in [0.1, 0.15) is 12.3 Å². The summed E-state index contributed by atoms with van der Waals surface area (Å²) in [6, 6.07) is 16.8. The summed E-state index contributed by atoms with van der Waals surface area (Å²) in [6.07, 6.45) is 0.806. The van der Waals surface area contributed by atoms with Crippen LogP contribution >= 0.6 is 0 Å². The van der Waals surface area contributed by atoms with E-state index in [-0.39, 0.29) is 12.5 Å². The summed E-state index contributed by atoms with van der Waals surface area (Å²) in [7, 11) is 0.799. The number of rotatable bonds is 11. The molecule has 34 heavy (non-hydrogen) atoms. The van der Waals surface area contributed by atoms with Gasteiger partial charge in [-0.1, -0.05) is 18.2 Å². The molecule has 10 heteroatoms. The highest BCUT2D eigenvalue weighted by Gasteiger charge is 2.27. The molecular formula is C24H35N5O4S. The summed E-state index contributed by atoms with van der Waals surface area (Å²) < 4.78 is 32.9. The molecule has 0 unspecified atom stereocenters. The van der Waals surface area contributed by atoms with Crippen molar-refractivity contribution in [2.75, 3.05) is 76.2 Å². The molecule has 0 bridgehead atoms. The molecule has 1 heterocycles.